The lowest BCUT2D eigenvalue weighted by Gasteiger charge is -2.11. The highest BCUT2D eigenvalue weighted by atomic mass is 35.5. The van der Waals surface area contributed by atoms with Gasteiger partial charge in [0.25, 0.3) is 5.91 Å². The molecule has 0 aliphatic carbocycles. The van der Waals surface area contributed by atoms with Gasteiger partial charge in [-0.2, -0.15) is 0 Å². The van der Waals surface area contributed by atoms with Crippen molar-refractivity contribution in [2.45, 2.75) is 32.8 Å². The lowest BCUT2D eigenvalue weighted by atomic mass is 10.2. The van der Waals surface area contributed by atoms with E-state index in [1.807, 2.05) is 13.8 Å². The van der Waals surface area contributed by atoms with E-state index in [-0.39, 0.29) is 18.6 Å². The highest BCUT2D eigenvalue weighted by Crippen LogP contribution is 2.21. The van der Waals surface area contributed by atoms with Crippen LogP contribution in [0.2, 0.25) is 5.02 Å². The fraction of sp³-hybridized carbons (Fsp3) is 0.500. The van der Waals surface area contributed by atoms with Crippen LogP contribution in [-0.2, 0) is 4.79 Å². The molecule has 1 amide bonds. The summed E-state index contributed by atoms with van der Waals surface area (Å²) in [7, 11) is 0. The van der Waals surface area contributed by atoms with E-state index in [0.29, 0.717) is 30.2 Å². The first-order valence-corrected chi connectivity index (χ1v) is 6.74. The highest BCUT2D eigenvalue weighted by Gasteiger charge is 2.06. The Kier molecular flexibility index (Phi) is 6.67. The van der Waals surface area contributed by atoms with E-state index in [9.17, 15) is 9.90 Å². The van der Waals surface area contributed by atoms with Gasteiger partial charge in [0.1, 0.15) is 5.75 Å². The van der Waals surface area contributed by atoms with E-state index in [2.05, 4.69) is 5.32 Å². The standard InChI is InChI=1S/C14H20ClNO3/c1-3-12(17)6-7-16-14(18)9-19-13-5-4-11(15)8-10(13)2/h4-5,8,12,17H,3,6-7,9H2,1-2H3,(H,16,18). The number of halogens is 1. The SMILES string of the molecule is CCC(O)CCNC(=O)COc1ccc(Cl)cc1C. The summed E-state index contributed by atoms with van der Waals surface area (Å²) in [5.41, 5.74) is 0.890. The van der Waals surface area contributed by atoms with E-state index >= 15 is 0 Å². The van der Waals surface area contributed by atoms with Gasteiger partial charge in [0, 0.05) is 11.6 Å². The zero-order valence-electron chi connectivity index (χ0n) is 11.3. The highest BCUT2D eigenvalue weighted by molar-refractivity contribution is 6.30. The molecule has 1 atom stereocenters. The van der Waals surface area contributed by atoms with E-state index in [1.165, 1.54) is 0 Å². The van der Waals surface area contributed by atoms with Crippen molar-refractivity contribution in [1.29, 1.82) is 0 Å². The van der Waals surface area contributed by atoms with Crippen molar-refractivity contribution < 1.29 is 14.6 Å². The molecule has 1 rings (SSSR count). The molecule has 106 valence electrons. The van der Waals surface area contributed by atoms with E-state index in [1.54, 1.807) is 18.2 Å². The predicted octanol–water partition coefficient (Wildman–Crippen LogP) is 2.30. The number of ether oxygens (including phenoxy) is 1. The summed E-state index contributed by atoms with van der Waals surface area (Å²) in [4.78, 5) is 11.5. The van der Waals surface area contributed by atoms with Crippen LogP contribution in [0.4, 0.5) is 0 Å². The third kappa shape index (κ3) is 5.94. The molecule has 1 aromatic carbocycles. The van der Waals surface area contributed by atoms with Crippen molar-refractivity contribution in [3.63, 3.8) is 0 Å². The average molecular weight is 286 g/mol. The van der Waals surface area contributed by atoms with Crippen LogP contribution >= 0.6 is 11.6 Å². The molecule has 19 heavy (non-hydrogen) atoms. The first-order valence-electron chi connectivity index (χ1n) is 6.36. The second-order valence-corrected chi connectivity index (χ2v) is 4.84. The zero-order valence-corrected chi connectivity index (χ0v) is 12.0. The van der Waals surface area contributed by atoms with Crippen molar-refractivity contribution in [2.75, 3.05) is 13.2 Å². The van der Waals surface area contributed by atoms with Gasteiger partial charge in [-0.15, -0.1) is 0 Å². The van der Waals surface area contributed by atoms with Crippen molar-refractivity contribution >= 4 is 17.5 Å². The predicted molar refractivity (Wildman–Crippen MR) is 75.6 cm³/mol. The van der Waals surface area contributed by atoms with Crippen LogP contribution in [0.25, 0.3) is 0 Å². The number of rotatable bonds is 7. The molecule has 5 heteroatoms. The minimum atomic E-state index is -0.361. The van der Waals surface area contributed by atoms with Crippen LogP contribution in [0.3, 0.4) is 0 Å². The number of nitrogens with one attached hydrogen (secondary N) is 1. The number of carbonyl (C=O) groups excluding carboxylic acids is 1. The van der Waals surface area contributed by atoms with Crippen molar-refractivity contribution in [2.24, 2.45) is 0 Å². The molecule has 2 N–H and O–H groups in total. The van der Waals surface area contributed by atoms with Gasteiger partial charge in [0.2, 0.25) is 0 Å². The molecule has 0 radical (unpaired) electrons. The quantitative estimate of drug-likeness (QED) is 0.808. The first kappa shape index (κ1) is 15.8. The molecule has 0 aromatic heterocycles. The molecule has 0 fully saturated rings. The lowest BCUT2D eigenvalue weighted by molar-refractivity contribution is -0.123. The Balaban J connectivity index is 2.30. The van der Waals surface area contributed by atoms with Crippen LogP contribution in [0.1, 0.15) is 25.3 Å². The molecule has 4 nitrogen and oxygen atoms in total. The second kappa shape index (κ2) is 8.02. The van der Waals surface area contributed by atoms with Gasteiger partial charge < -0.3 is 15.2 Å². The van der Waals surface area contributed by atoms with Crippen LogP contribution in [0.5, 0.6) is 5.75 Å². The Morgan fingerprint density at radius 2 is 2.26 bits per heavy atom. The average Bonchev–Trinajstić information content (AvgIpc) is 2.37. The Labute approximate surface area is 118 Å². The number of hydrogen-bond acceptors (Lipinski definition) is 3. The lowest BCUT2D eigenvalue weighted by Crippen LogP contribution is -2.31. The zero-order chi connectivity index (χ0) is 14.3. The summed E-state index contributed by atoms with van der Waals surface area (Å²) >= 11 is 5.83. The maximum atomic E-state index is 11.5. The molecule has 0 bridgehead atoms. The number of aliphatic hydroxyl groups excluding tert-OH is 1. The largest absolute Gasteiger partial charge is 0.484 e. The topological polar surface area (TPSA) is 58.6 Å². The fourth-order valence-corrected chi connectivity index (χ4v) is 1.78. The van der Waals surface area contributed by atoms with Gasteiger partial charge in [-0.3, -0.25) is 4.79 Å². The van der Waals surface area contributed by atoms with E-state index in [0.717, 1.165) is 5.56 Å². The van der Waals surface area contributed by atoms with Gasteiger partial charge >= 0.3 is 0 Å². The molecule has 1 unspecified atom stereocenters. The van der Waals surface area contributed by atoms with Gasteiger partial charge in [-0.25, -0.2) is 0 Å². The van der Waals surface area contributed by atoms with Crippen LogP contribution in [-0.4, -0.2) is 30.3 Å². The van der Waals surface area contributed by atoms with Gasteiger partial charge in [-0.05, 0) is 43.5 Å². The van der Waals surface area contributed by atoms with Crippen molar-refractivity contribution in [1.82, 2.24) is 5.32 Å². The smallest absolute Gasteiger partial charge is 0.257 e. The van der Waals surface area contributed by atoms with Gasteiger partial charge in [0.05, 0.1) is 6.10 Å². The molecular weight excluding hydrogens is 266 g/mol. The Hall–Kier alpha value is -1.26. The van der Waals surface area contributed by atoms with Crippen molar-refractivity contribution in [3.05, 3.63) is 28.8 Å². The van der Waals surface area contributed by atoms with Crippen LogP contribution in [0, 0.1) is 6.92 Å². The molecule has 0 spiro atoms. The second-order valence-electron chi connectivity index (χ2n) is 4.40. The third-order valence-corrected chi connectivity index (χ3v) is 3.00. The summed E-state index contributed by atoms with van der Waals surface area (Å²) in [5, 5.41) is 12.7. The Bertz CT molecular complexity index is 423. The molecule has 0 heterocycles. The summed E-state index contributed by atoms with van der Waals surface area (Å²) in [6.07, 6.45) is 0.887. The monoisotopic (exact) mass is 285 g/mol. The minimum absolute atomic E-state index is 0.0370. The third-order valence-electron chi connectivity index (χ3n) is 2.77. The van der Waals surface area contributed by atoms with Crippen LogP contribution in [0.15, 0.2) is 18.2 Å². The van der Waals surface area contributed by atoms with E-state index < -0.39 is 0 Å². The summed E-state index contributed by atoms with van der Waals surface area (Å²) in [6, 6.07) is 5.25. The number of carbonyl (C=O) groups is 1. The molecule has 0 aliphatic heterocycles. The minimum Gasteiger partial charge on any atom is -0.484 e. The van der Waals surface area contributed by atoms with Crippen LogP contribution < -0.4 is 10.1 Å². The summed E-state index contributed by atoms with van der Waals surface area (Å²) < 4.78 is 5.40. The maximum absolute atomic E-state index is 11.5. The fourth-order valence-electron chi connectivity index (χ4n) is 1.55. The Morgan fingerprint density at radius 3 is 2.89 bits per heavy atom. The number of aryl methyl sites for hydroxylation is 1. The normalized spacial score (nSPS) is 12.0. The number of aliphatic hydroxyl groups is 1. The molecule has 0 saturated carbocycles. The van der Waals surface area contributed by atoms with Crippen molar-refractivity contribution in [3.8, 4) is 5.75 Å². The Morgan fingerprint density at radius 1 is 1.53 bits per heavy atom. The molecule has 0 aliphatic rings. The number of benzene rings is 1. The summed E-state index contributed by atoms with van der Waals surface area (Å²) in [6.45, 7) is 4.19. The summed E-state index contributed by atoms with van der Waals surface area (Å²) in [5.74, 6) is 0.450. The molecule has 1 aromatic rings. The molecular formula is C14H20ClNO3. The number of amides is 1. The number of hydrogen-bond donors (Lipinski definition) is 2. The molecule has 0 saturated heterocycles. The van der Waals surface area contributed by atoms with Gasteiger partial charge in [0.15, 0.2) is 6.61 Å². The van der Waals surface area contributed by atoms with E-state index in [4.69, 9.17) is 16.3 Å². The maximum Gasteiger partial charge on any atom is 0.257 e. The van der Waals surface area contributed by atoms with Gasteiger partial charge in [-0.1, -0.05) is 18.5 Å². The first-order chi connectivity index (χ1) is 9.02.